The molecule has 2 aromatic rings. The van der Waals surface area contributed by atoms with E-state index >= 15 is 0 Å². The summed E-state index contributed by atoms with van der Waals surface area (Å²) in [5.41, 5.74) is 1.30. The molecule has 7 heteroatoms. The van der Waals surface area contributed by atoms with Crippen molar-refractivity contribution in [2.24, 2.45) is 0 Å². The Labute approximate surface area is 169 Å². The molecule has 0 saturated heterocycles. The zero-order valence-electron chi connectivity index (χ0n) is 16.5. The van der Waals surface area contributed by atoms with Crippen LogP contribution in [0.15, 0.2) is 54.1 Å². The molecule has 1 atom stereocenters. The van der Waals surface area contributed by atoms with E-state index in [9.17, 15) is 14.9 Å². The highest BCUT2D eigenvalue weighted by molar-refractivity contribution is 5.99. The lowest BCUT2D eigenvalue weighted by Crippen LogP contribution is -2.35. The molecular formula is C22H22N2O5. The van der Waals surface area contributed by atoms with E-state index in [4.69, 9.17) is 14.2 Å². The maximum absolute atomic E-state index is 12.2. The minimum absolute atomic E-state index is 0.204. The number of nitriles is 1. The van der Waals surface area contributed by atoms with Gasteiger partial charge in [-0.05, 0) is 48.4 Å². The van der Waals surface area contributed by atoms with Crippen LogP contribution in [-0.2, 0) is 20.9 Å². The maximum atomic E-state index is 12.2. The van der Waals surface area contributed by atoms with Crippen LogP contribution in [0.1, 0.15) is 18.1 Å². The average Bonchev–Trinajstić information content (AvgIpc) is 2.76. The first-order chi connectivity index (χ1) is 14.0. The van der Waals surface area contributed by atoms with Gasteiger partial charge in [0.05, 0.1) is 14.2 Å². The third-order valence-electron chi connectivity index (χ3n) is 4.05. The molecule has 0 aromatic heterocycles. The molecule has 0 saturated carbocycles. The average molecular weight is 394 g/mol. The fourth-order valence-electron chi connectivity index (χ4n) is 2.36. The van der Waals surface area contributed by atoms with E-state index in [1.54, 1.807) is 56.7 Å². The van der Waals surface area contributed by atoms with Crippen LogP contribution >= 0.6 is 0 Å². The van der Waals surface area contributed by atoms with Gasteiger partial charge in [0, 0.05) is 6.54 Å². The first kappa shape index (κ1) is 21.5. The summed E-state index contributed by atoms with van der Waals surface area (Å²) in [5.74, 6) is 0.0479. The summed E-state index contributed by atoms with van der Waals surface area (Å²) in [7, 11) is 3.12. The van der Waals surface area contributed by atoms with Crippen LogP contribution < -0.4 is 14.8 Å². The SMILES string of the molecule is COc1ccc(/C=C(\C#N)C(=O)O[C@@H](C)C(=O)NCc2ccc(OC)cc2)cc1. The van der Waals surface area contributed by atoms with E-state index in [0.717, 1.165) is 11.3 Å². The molecule has 0 aliphatic carbocycles. The zero-order chi connectivity index (χ0) is 21.2. The van der Waals surface area contributed by atoms with Gasteiger partial charge in [-0.25, -0.2) is 4.79 Å². The molecule has 2 aromatic carbocycles. The van der Waals surface area contributed by atoms with Crippen molar-refractivity contribution >= 4 is 18.0 Å². The number of methoxy groups -OCH3 is 2. The molecule has 0 radical (unpaired) electrons. The van der Waals surface area contributed by atoms with Crippen molar-refractivity contribution in [3.8, 4) is 17.6 Å². The molecule has 1 N–H and O–H groups in total. The van der Waals surface area contributed by atoms with Crippen molar-refractivity contribution in [1.29, 1.82) is 5.26 Å². The van der Waals surface area contributed by atoms with Crippen LogP contribution in [0.2, 0.25) is 0 Å². The number of hydrogen-bond donors (Lipinski definition) is 1. The normalized spacial score (nSPS) is 11.7. The second kappa shape index (κ2) is 10.5. The molecule has 0 heterocycles. The van der Waals surface area contributed by atoms with E-state index < -0.39 is 18.0 Å². The van der Waals surface area contributed by atoms with Crippen molar-refractivity contribution in [3.05, 3.63) is 65.2 Å². The summed E-state index contributed by atoms with van der Waals surface area (Å²) < 4.78 is 15.3. The van der Waals surface area contributed by atoms with Crippen molar-refractivity contribution in [2.75, 3.05) is 14.2 Å². The van der Waals surface area contributed by atoms with E-state index in [2.05, 4.69) is 5.32 Å². The molecule has 0 spiro atoms. The van der Waals surface area contributed by atoms with E-state index in [1.165, 1.54) is 13.0 Å². The standard InChI is InChI=1S/C22H22N2O5/c1-15(21(25)24-14-17-6-10-20(28-3)11-7-17)29-22(26)18(13-23)12-16-4-8-19(27-2)9-5-16/h4-12,15H,14H2,1-3H3,(H,24,25)/b18-12+/t15-/m0/s1. The second-order valence-corrected chi connectivity index (χ2v) is 6.06. The topological polar surface area (TPSA) is 97.6 Å². The van der Waals surface area contributed by atoms with Gasteiger partial charge in [0.15, 0.2) is 6.10 Å². The number of esters is 1. The molecule has 0 aliphatic heterocycles. The highest BCUT2D eigenvalue weighted by Crippen LogP contribution is 2.15. The smallest absolute Gasteiger partial charge is 0.349 e. The largest absolute Gasteiger partial charge is 0.497 e. The first-order valence-corrected chi connectivity index (χ1v) is 8.84. The molecule has 1 amide bonds. The van der Waals surface area contributed by atoms with Crippen molar-refractivity contribution in [1.82, 2.24) is 5.32 Å². The molecule has 0 bridgehead atoms. The Bertz CT molecular complexity index is 912. The summed E-state index contributed by atoms with van der Waals surface area (Å²) in [6.07, 6.45) is 0.345. The van der Waals surface area contributed by atoms with Gasteiger partial charge < -0.3 is 19.5 Å². The van der Waals surface area contributed by atoms with E-state index in [-0.39, 0.29) is 12.1 Å². The summed E-state index contributed by atoms with van der Waals surface area (Å²) in [6, 6.07) is 15.8. The van der Waals surface area contributed by atoms with Gasteiger partial charge in [0.25, 0.3) is 5.91 Å². The number of carbonyl (C=O) groups is 2. The Morgan fingerprint density at radius 1 is 1.03 bits per heavy atom. The molecule has 0 unspecified atom stereocenters. The molecule has 2 rings (SSSR count). The van der Waals surface area contributed by atoms with Crippen LogP contribution in [0.25, 0.3) is 6.08 Å². The number of hydrogen-bond acceptors (Lipinski definition) is 6. The number of ether oxygens (including phenoxy) is 3. The van der Waals surface area contributed by atoms with Crippen molar-refractivity contribution in [3.63, 3.8) is 0 Å². The first-order valence-electron chi connectivity index (χ1n) is 8.84. The van der Waals surface area contributed by atoms with Crippen LogP contribution in [0.3, 0.4) is 0 Å². The number of nitrogens with one attached hydrogen (secondary N) is 1. The second-order valence-electron chi connectivity index (χ2n) is 6.06. The fraction of sp³-hybridized carbons (Fsp3) is 0.227. The fourth-order valence-corrected chi connectivity index (χ4v) is 2.36. The summed E-state index contributed by atoms with van der Waals surface area (Å²) >= 11 is 0. The number of amides is 1. The number of nitrogens with zero attached hydrogens (tertiary/aromatic N) is 1. The Morgan fingerprint density at radius 3 is 2.10 bits per heavy atom. The summed E-state index contributed by atoms with van der Waals surface area (Å²) in [4.78, 5) is 24.4. The third-order valence-corrected chi connectivity index (χ3v) is 4.05. The van der Waals surface area contributed by atoms with Gasteiger partial charge in [-0.2, -0.15) is 5.26 Å². The van der Waals surface area contributed by atoms with E-state index in [1.807, 2.05) is 12.1 Å². The molecule has 29 heavy (non-hydrogen) atoms. The Hall–Kier alpha value is -3.79. The number of rotatable bonds is 8. The van der Waals surface area contributed by atoms with Gasteiger partial charge in [-0.15, -0.1) is 0 Å². The number of benzene rings is 2. The van der Waals surface area contributed by atoms with Gasteiger partial charge in [-0.3, -0.25) is 4.79 Å². The quantitative estimate of drug-likeness (QED) is 0.420. The molecule has 150 valence electrons. The minimum Gasteiger partial charge on any atom is -0.497 e. The van der Waals surface area contributed by atoms with Crippen LogP contribution in [0.5, 0.6) is 11.5 Å². The molecular weight excluding hydrogens is 372 g/mol. The Balaban J connectivity index is 1.93. The third kappa shape index (κ3) is 6.40. The van der Waals surface area contributed by atoms with E-state index in [0.29, 0.717) is 11.3 Å². The lowest BCUT2D eigenvalue weighted by atomic mass is 10.1. The highest BCUT2D eigenvalue weighted by atomic mass is 16.5. The number of carbonyl (C=O) groups excluding carboxylic acids is 2. The lowest BCUT2D eigenvalue weighted by molar-refractivity contribution is -0.150. The molecule has 7 nitrogen and oxygen atoms in total. The minimum atomic E-state index is -1.05. The van der Waals surface area contributed by atoms with Crippen molar-refractivity contribution in [2.45, 2.75) is 19.6 Å². The van der Waals surface area contributed by atoms with Crippen molar-refractivity contribution < 1.29 is 23.8 Å². The van der Waals surface area contributed by atoms with Gasteiger partial charge >= 0.3 is 5.97 Å². The highest BCUT2D eigenvalue weighted by Gasteiger charge is 2.20. The zero-order valence-corrected chi connectivity index (χ0v) is 16.5. The molecule has 0 fully saturated rings. The Morgan fingerprint density at radius 2 is 1.59 bits per heavy atom. The van der Waals surface area contributed by atoms with Crippen LogP contribution in [-0.4, -0.2) is 32.2 Å². The monoisotopic (exact) mass is 394 g/mol. The predicted octanol–water partition coefficient (Wildman–Crippen LogP) is 2.86. The van der Waals surface area contributed by atoms with Gasteiger partial charge in [0.2, 0.25) is 0 Å². The lowest BCUT2D eigenvalue weighted by Gasteiger charge is -2.13. The van der Waals surface area contributed by atoms with Crippen LogP contribution in [0.4, 0.5) is 0 Å². The predicted molar refractivity (Wildman–Crippen MR) is 107 cm³/mol. The van der Waals surface area contributed by atoms with Gasteiger partial charge in [-0.1, -0.05) is 24.3 Å². The van der Waals surface area contributed by atoms with Gasteiger partial charge in [0.1, 0.15) is 23.1 Å². The summed E-state index contributed by atoms with van der Waals surface area (Å²) in [6.45, 7) is 1.72. The molecule has 0 aliphatic rings. The van der Waals surface area contributed by atoms with Crippen LogP contribution in [0, 0.1) is 11.3 Å². The summed E-state index contributed by atoms with van der Waals surface area (Å²) in [5, 5.41) is 11.9. The Kier molecular flexibility index (Phi) is 7.80. The maximum Gasteiger partial charge on any atom is 0.349 e.